The van der Waals surface area contributed by atoms with Gasteiger partial charge < -0.3 is 15.4 Å². The van der Waals surface area contributed by atoms with Crippen molar-refractivity contribution in [2.75, 3.05) is 0 Å². The van der Waals surface area contributed by atoms with Crippen LogP contribution in [0.1, 0.15) is 58.3 Å². The first kappa shape index (κ1) is 12.1. The molecule has 0 amide bonds. The maximum atomic E-state index is 12.6. The Morgan fingerprint density at radius 3 is 2.67 bits per heavy atom. The molecule has 1 saturated carbocycles. The fourth-order valence-electron chi connectivity index (χ4n) is 3.73. The number of fused-ring (bicyclic) bond motifs is 1. The molecule has 0 bridgehead atoms. The van der Waals surface area contributed by atoms with Crippen LogP contribution in [-0.4, -0.2) is 26.2 Å². The number of hydroxylamine groups is 2. The normalized spacial score (nSPS) is 40.6. The van der Waals surface area contributed by atoms with E-state index in [1.54, 1.807) is 6.92 Å². The summed E-state index contributed by atoms with van der Waals surface area (Å²) in [4.78, 5) is 12.5. The monoisotopic (exact) mass is 252 g/mol. The molecule has 1 heterocycles. The molecule has 1 aliphatic heterocycles. The van der Waals surface area contributed by atoms with Gasteiger partial charge in [-0.1, -0.05) is 6.42 Å². The zero-order valence-corrected chi connectivity index (χ0v) is 10.8. The summed E-state index contributed by atoms with van der Waals surface area (Å²) in [5.41, 5.74) is -1.38. The minimum Gasteiger partial charge on any atom is -0.758 e. The molecule has 1 N–H and O–H groups in total. The van der Waals surface area contributed by atoms with Crippen LogP contribution in [0.2, 0.25) is 0 Å². The lowest BCUT2D eigenvalue weighted by Crippen LogP contribution is -2.69. The summed E-state index contributed by atoms with van der Waals surface area (Å²) in [7, 11) is 0. The second-order valence-corrected chi connectivity index (χ2v) is 5.99. The molecule has 2 aliphatic carbocycles. The SMILES string of the molecule is C[C@@]12CCCC[C@]1(O)[N+](=O)C1=C(CCCC1)N2[O-]. The van der Waals surface area contributed by atoms with E-state index in [2.05, 4.69) is 0 Å². The summed E-state index contributed by atoms with van der Waals surface area (Å²) in [6, 6.07) is 0. The fourth-order valence-corrected chi connectivity index (χ4v) is 3.73. The van der Waals surface area contributed by atoms with E-state index in [1.165, 1.54) is 0 Å². The van der Waals surface area contributed by atoms with Gasteiger partial charge in [0.2, 0.25) is 0 Å². The first-order valence-electron chi connectivity index (χ1n) is 6.90. The molecule has 1 fully saturated rings. The van der Waals surface area contributed by atoms with E-state index < -0.39 is 11.3 Å². The summed E-state index contributed by atoms with van der Waals surface area (Å²) in [6.07, 6.45) is 5.86. The Labute approximate surface area is 107 Å². The summed E-state index contributed by atoms with van der Waals surface area (Å²) in [5, 5.41) is 24.3. The van der Waals surface area contributed by atoms with Gasteiger partial charge in [0.25, 0.3) is 5.70 Å². The Bertz CT molecular complexity index is 434. The third-order valence-electron chi connectivity index (χ3n) is 4.99. The van der Waals surface area contributed by atoms with Crippen molar-refractivity contribution in [3.05, 3.63) is 21.5 Å². The average molecular weight is 252 g/mol. The number of hydrogen-bond acceptors (Lipinski definition) is 4. The van der Waals surface area contributed by atoms with E-state index in [0.29, 0.717) is 37.1 Å². The predicted molar refractivity (Wildman–Crippen MR) is 66.2 cm³/mol. The van der Waals surface area contributed by atoms with Gasteiger partial charge >= 0.3 is 5.72 Å². The van der Waals surface area contributed by atoms with E-state index in [-0.39, 0.29) is 0 Å². The Kier molecular flexibility index (Phi) is 2.54. The zero-order valence-electron chi connectivity index (χ0n) is 10.8. The molecule has 0 radical (unpaired) electrons. The summed E-state index contributed by atoms with van der Waals surface area (Å²) in [6.45, 7) is 1.74. The molecule has 3 rings (SSSR count). The number of hydrogen-bond donors (Lipinski definition) is 1. The fraction of sp³-hybridized carbons (Fsp3) is 0.846. The lowest BCUT2D eigenvalue weighted by atomic mass is 9.72. The molecule has 18 heavy (non-hydrogen) atoms. The van der Waals surface area contributed by atoms with Crippen molar-refractivity contribution in [2.24, 2.45) is 0 Å². The quantitative estimate of drug-likeness (QED) is 0.672. The van der Waals surface area contributed by atoms with Gasteiger partial charge in [0.05, 0.1) is 10.5 Å². The van der Waals surface area contributed by atoms with Crippen LogP contribution < -0.4 is 0 Å². The lowest BCUT2D eigenvalue weighted by molar-refractivity contribution is -0.669. The zero-order chi connectivity index (χ0) is 13.0. The Morgan fingerprint density at radius 2 is 1.89 bits per heavy atom. The highest BCUT2D eigenvalue weighted by Gasteiger charge is 2.66. The van der Waals surface area contributed by atoms with Gasteiger partial charge in [-0.15, -0.1) is 0 Å². The van der Waals surface area contributed by atoms with Crippen molar-refractivity contribution >= 4 is 0 Å². The van der Waals surface area contributed by atoms with Gasteiger partial charge in [0.1, 0.15) is 5.54 Å². The Morgan fingerprint density at radius 1 is 1.22 bits per heavy atom. The van der Waals surface area contributed by atoms with Crippen molar-refractivity contribution in [2.45, 2.75) is 69.6 Å². The van der Waals surface area contributed by atoms with Gasteiger partial charge in [-0.05, 0) is 39.0 Å². The van der Waals surface area contributed by atoms with Crippen LogP contribution in [-0.2, 0) is 0 Å². The minimum atomic E-state index is -1.54. The maximum absolute atomic E-state index is 12.6. The number of aliphatic hydroxyl groups is 1. The van der Waals surface area contributed by atoms with E-state index >= 15 is 0 Å². The topological polar surface area (TPSA) is 66.6 Å². The summed E-state index contributed by atoms with van der Waals surface area (Å²) >= 11 is 0. The molecule has 0 saturated heterocycles. The molecular formula is C13H20N2O3. The largest absolute Gasteiger partial charge is 0.758 e. The predicted octanol–water partition coefficient (Wildman–Crippen LogP) is 2.39. The third-order valence-corrected chi connectivity index (χ3v) is 4.99. The van der Waals surface area contributed by atoms with Gasteiger partial charge in [0.15, 0.2) is 0 Å². The molecule has 0 unspecified atom stereocenters. The van der Waals surface area contributed by atoms with Crippen molar-refractivity contribution in [3.8, 4) is 0 Å². The molecular weight excluding hydrogens is 232 g/mol. The second-order valence-electron chi connectivity index (χ2n) is 5.99. The van der Waals surface area contributed by atoms with Crippen molar-refractivity contribution in [3.63, 3.8) is 0 Å². The van der Waals surface area contributed by atoms with Crippen LogP contribution in [0.25, 0.3) is 0 Å². The van der Waals surface area contributed by atoms with Crippen LogP contribution in [0.5, 0.6) is 0 Å². The van der Waals surface area contributed by atoms with Crippen molar-refractivity contribution in [1.82, 2.24) is 5.06 Å². The third kappa shape index (κ3) is 1.29. The lowest BCUT2D eigenvalue weighted by Gasteiger charge is -2.57. The van der Waals surface area contributed by atoms with E-state index in [1.807, 2.05) is 0 Å². The molecule has 3 aliphatic rings. The van der Waals surface area contributed by atoms with Gasteiger partial charge in [-0.2, -0.15) is 0 Å². The molecule has 0 aromatic heterocycles. The minimum absolute atomic E-state index is 0.391. The van der Waals surface area contributed by atoms with E-state index in [9.17, 15) is 15.2 Å². The standard InChI is InChI=1S/C13H20N2O3/c1-12-8-4-5-9-13(12,16)15(18)11-7-3-2-6-10(11)14(12)17/h16H,2-9H2,1H3/t12-,13-/m1/s1. The van der Waals surface area contributed by atoms with Crippen LogP contribution >= 0.6 is 0 Å². The van der Waals surface area contributed by atoms with Crippen LogP contribution in [0.3, 0.4) is 0 Å². The summed E-state index contributed by atoms with van der Waals surface area (Å²) < 4.78 is 0.773. The van der Waals surface area contributed by atoms with E-state index in [0.717, 1.165) is 35.5 Å². The molecule has 0 aromatic rings. The molecule has 0 spiro atoms. The first-order valence-corrected chi connectivity index (χ1v) is 6.90. The molecule has 0 aromatic carbocycles. The summed E-state index contributed by atoms with van der Waals surface area (Å²) in [5.74, 6) is 0. The number of nitroso groups, excluding NO2 is 1. The van der Waals surface area contributed by atoms with E-state index in [4.69, 9.17) is 0 Å². The Balaban J connectivity index is 2.14. The van der Waals surface area contributed by atoms with Crippen molar-refractivity contribution in [1.29, 1.82) is 0 Å². The highest BCUT2D eigenvalue weighted by Crippen LogP contribution is 2.50. The number of rotatable bonds is 0. The van der Waals surface area contributed by atoms with Gasteiger partial charge in [0, 0.05) is 17.7 Å². The number of nitrogens with zero attached hydrogens (tertiary/aromatic N) is 2. The number of allylic oxidation sites excluding steroid dienone is 2. The Hall–Kier alpha value is -0.940. The second kappa shape index (κ2) is 3.78. The molecule has 2 atom stereocenters. The molecule has 5 heteroatoms. The highest BCUT2D eigenvalue weighted by atomic mass is 16.5. The van der Waals surface area contributed by atoms with Crippen LogP contribution in [0.4, 0.5) is 0 Å². The maximum Gasteiger partial charge on any atom is 0.340 e. The van der Waals surface area contributed by atoms with Gasteiger partial charge in [-0.25, -0.2) is 0 Å². The van der Waals surface area contributed by atoms with Crippen LogP contribution in [0, 0.1) is 10.1 Å². The first-order chi connectivity index (χ1) is 8.51. The molecule has 5 nitrogen and oxygen atoms in total. The average Bonchev–Trinajstić information content (AvgIpc) is 2.39. The van der Waals surface area contributed by atoms with Crippen LogP contribution in [0.15, 0.2) is 11.4 Å². The highest BCUT2D eigenvalue weighted by molar-refractivity contribution is 5.21. The molecule has 100 valence electrons. The van der Waals surface area contributed by atoms with Gasteiger partial charge in [-0.3, -0.25) is 0 Å². The smallest absolute Gasteiger partial charge is 0.340 e. The van der Waals surface area contributed by atoms with Crippen molar-refractivity contribution < 1.29 is 9.87 Å².